The second-order valence-corrected chi connectivity index (χ2v) is 6.73. The monoisotopic (exact) mass is 347 g/mol. The molecular weight excluding hydrogens is 326 g/mol. The third-order valence-corrected chi connectivity index (χ3v) is 4.40. The third-order valence-electron chi connectivity index (χ3n) is 3.22. The van der Waals surface area contributed by atoms with Crippen molar-refractivity contribution in [3.8, 4) is 16.3 Å². The van der Waals surface area contributed by atoms with Crippen molar-refractivity contribution in [3.05, 3.63) is 34.3 Å². The number of ether oxygens (including phenoxy) is 2. The van der Waals surface area contributed by atoms with Crippen LogP contribution in [-0.4, -0.2) is 30.5 Å². The van der Waals surface area contributed by atoms with E-state index in [2.05, 4.69) is 4.98 Å². The van der Waals surface area contributed by atoms with Crippen molar-refractivity contribution < 1.29 is 19.1 Å². The van der Waals surface area contributed by atoms with Gasteiger partial charge in [-0.3, -0.25) is 4.79 Å². The fourth-order valence-corrected chi connectivity index (χ4v) is 3.01. The van der Waals surface area contributed by atoms with E-state index < -0.39 is 0 Å². The van der Waals surface area contributed by atoms with Gasteiger partial charge in [0.15, 0.2) is 6.29 Å². The second kappa shape index (κ2) is 8.06. The van der Waals surface area contributed by atoms with E-state index in [0.29, 0.717) is 46.0 Å². The van der Waals surface area contributed by atoms with Gasteiger partial charge < -0.3 is 9.47 Å². The zero-order valence-corrected chi connectivity index (χ0v) is 15.1. The molecule has 1 aromatic heterocycles. The average molecular weight is 347 g/mol. The number of aldehydes is 1. The summed E-state index contributed by atoms with van der Waals surface area (Å²) in [6, 6.07) is 5.30. The fraction of sp³-hybridized carbons (Fsp3) is 0.389. The summed E-state index contributed by atoms with van der Waals surface area (Å²) in [5.41, 5.74) is 1.94. The molecule has 0 unspecified atom stereocenters. The Bertz CT molecular complexity index is 737. The van der Waals surface area contributed by atoms with Gasteiger partial charge in [-0.2, -0.15) is 0 Å². The minimum Gasteiger partial charge on any atom is -0.493 e. The van der Waals surface area contributed by atoms with E-state index >= 15 is 0 Å². The lowest BCUT2D eigenvalue weighted by Crippen LogP contribution is -2.06. The minimum atomic E-state index is -0.362. The van der Waals surface area contributed by atoms with Gasteiger partial charge in [-0.1, -0.05) is 19.9 Å². The third kappa shape index (κ3) is 4.20. The number of aryl methyl sites for hydroxylation is 1. The normalized spacial score (nSPS) is 10.7. The Morgan fingerprint density at radius 1 is 1.38 bits per heavy atom. The standard InChI is InChI=1S/C18H21NO4S/c1-5-22-18(21)16-12(4)19-17(24-16)13-6-7-14(9-20)15(8-13)23-10-11(2)3/h6-9,11H,5,10H2,1-4H3. The van der Waals surface area contributed by atoms with Crippen molar-refractivity contribution in [1.29, 1.82) is 0 Å². The topological polar surface area (TPSA) is 65.5 Å². The number of aromatic nitrogens is 1. The molecule has 0 saturated heterocycles. The minimum absolute atomic E-state index is 0.326. The van der Waals surface area contributed by atoms with Crippen molar-refractivity contribution >= 4 is 23.6 Å². The summed E-state index contributed by atoms with van der Waals surface area (Å²) >= 11 is 1.28. The van der Waals surface area contributed by atoms with E-state index in [0.717, 1.165) is 11.8 Å². The largest absolute Gasteiger partial charge is 0.493 e. The quantitative estimate of drug-likeness (QED) is 0.556. The first-order chi connectivity index (χ1) is 11.5. The predicted octanol–water partition coefficient (Wildman–Crippen LogP) is 4.14. The fourth-order valence-electron chi connectivity index (χ4n) is 2.05. The van der Waals surface area contributed by atoms with Crippen LogP contribution in [0.4, 0.5) is 0 Å². The predicted molar refractivity (Wildman–Crippen MR) is 94.0 cm³/mol. The Morgan fingerprint density at radius 2 is 2.12 bits per heavy atom. The lowest BCUT2D eigenvalue weighted by Gasteiger charge is -2.11. The van der Waals surface area contributed by atoms with E-state index in [1.165, 1.54) is 11.3 Å². The Morgan fingerprint density at radius 3 is 2.75 bits per heavy atom. The summed E-state index contributed by atoms with van der Waals surface area (Å²) < 4.78 is 10.8. The van der Waals surface area contributed by atoms with Gasteiger partial charge in [-0.15, -0.1) is 11.3 Å². The van der Waals surface area contributed by atoms with Crippen LogP contribution in [0.25, 0.3) is 10.6 Å². The van der Waals surface area contributed by atoms with Gasteiger partial charge in [0, 0.05) is 5.56 Å². The first kappa shape index (κ1) is 18.1. The highest BCUT2D eigenvalue weighted by atomic mass is 32.1. The maximum atomic E-state index is 11.9. The molecule has 0 aliphatic carbocycles. The molecule has 0 amide bonds. The smallest absolute Gasteiger partial charge is 0.350 e. The van der Waals surface area contributed by atoms with Gasteiger partial charge in [0.05, 0.1) is 24.5 Å². The van der Waals surface area contributed by atoms with E-state index in [4.69, 9.17) is 9.47 Å². The summed E-state index contributed by atoms with van der Waals surface area (Å²) in [6.45, 7) is 8.48. The molecule has 2 aromatic rings. The lowest BCUT2D eigenvalue weighted by atomic mass is 10.1. The van der Waals surface area contributed by atoms with Crippen molar-refractivity contribution in [2.24, 2.45) is 5.92 Å². The van der Waals surface area contributed by atoms with Gasteiger partial charge in [0.25, 0.3) is 0 Å². The summed E-state index contributed by atoms with van der Waals surface area (Å²) in [4.78, 5) is 28.1. The lowest BCUT2D eigenvalue weighted by molar-refractivity contribution is 0.0531. The van der Waals surface area contributed by atoms with Crippen LogP contribution in [0.2, 0.25) is 0 Å². The van der Waals surface area contributed by atoms with Gasteiger partial charge in [-0.05, 0) is 31.9 Å². The molecule has 0 N–H and O–H groups in total. The Hall–Kier alpha value is -2.21. The van der Waals surface area contributed by atoms with Crippen LogP contribution < -0.4 is 4.74 Å². The molecule has 24 heavy (non-hydrogen) atoms. The van der Waals surface area contributed by atoms with E-state index in [1.807, 2.05) is 13.8 Å². The SMILES string of the molecule is CCOC(=O)c1sc(-c2ccc(C=O)c(OCC(C)C)c2)nc1C. The Balaban J connectivity index is 2.35. The van der Waals surface area contributed by atoms with Crippen LogP contribution in [-0.2, 0) is 4.74 Å². The molecule has 5 nitrogen and oxygen atoms in total. The maximum Gasteiger partial charge on any atom is 0.350 e. The van der Waals surface area contributed by atoms with Gasteiger partial charge >= 0.3 is 5.97 Å². The number of esters is 1. The molecule has 1 aromatic carbocycles. The van der Waals surface area contributed by atoms with E-state index in [1.54, 1.807) is 32.0 Å². The highest BCUT2D eigenvalue weighted by Crippen LogP contribution is 2.32. The zero-order valence-electron chi connectivity index (χ0n) is 14.3. The molecule has 0 aliphatic heterocycles. The molecule has 0 aliphatic rings. The number of rotatable bonds is 7. The summed E-state index contributed by atoms with van der Waals surface area (Å²) in [7, 11) is 0. The molecule has 6 heteroatoms. The highest BCUT2D eigenvalue weighted by Gasteiger charge is 2.18. The first-order valence-electron chi connectivity index (χ1n) is 7.83. The van der Waals surface area contributed by atoms with Crippen LogP contribution in [0.15, 0.2) is 18.2 Å². The molecule has 0 atom stereocenters. The number of thiazole rings is 1. The molecule has 0 radical (unpaired) electrons. The number of nitrogens with zero attached hydrogens (tertiary/aromatic N) is 1. The number of carbonyl (C=O) groups excluding carboxylic acids is 2. The van der Waals surface area contributed by atoms with Gasteiger partial charge in [0.1, 0.15) is 15.6 Å². The molecule has 0 fully saturated rings. The van der Waals surface area contributed by atoms with Crippen LogP contribution in [0.1, 0.15) is 46.5 Å². The number of benzene rings is 1. The van der Waals surface area contributed by atoms with Crippen molar-refractivity contribution in [3.63, 3.8) is 0 Å². The van der Waals surface area contributed by atoms with E-state index in [-0.39, 0.29) is 5.97 Å². The average Bonchev–Trinajstić information content (AvgIpc) is 2.94. The molecule has 1 heterocycles. The maximum absolute atomic E-state index is 11.9. The van der Waals surface area contributed by atoms with Crippen LogP contribution >= 0.6 is 11.3 Å². The second-order valence-electron chi connectivity index (χ2n) is 5.73. The molecular formula is C18H21NO4S. The molecule has 0 saturated carbocycles. The van der Waals surface area contributed by atoms with Gasteiger partial charge in [0.2, 0.25) is 0 Å². The number of hydrogen-bond donors (Lipinski definition) is 0. The van der Waals surface area contributed by atoms with Crippen LogP contribution in [0.3, 0.4) is 0 Å². The van der Waals surface area contributed by atoms with Crippen molar-refractivity contribution in [2.75, 3.05) is 13.2 Å². The molecule has 2 rings (SSSR count). The molecule has 0 bridgehead atoms. The Kier molecular flexibility index (Phi) is 6.09. The Labute approximate surface area is 145 Å². The summed E-state index contributed by atoms with van der Waals surface area (Å²) in [5.74, 6) is 0.520. The number of hydrogen-bond acceptors (Lipinski definition) is 6. The zero-order chi connectivity index (χ0) is 17.7. The van der Waals surface area contributed by atoms with Gasteiger partial charge in [-0.25, -0.2) is 9.78 Å². The van der Waals surface area contributed by atoms with Crippen LogP contribution in [0, 0.1) is 12.8 Å². The van der Waals surface area contributed by atoms with E-state index in [9.17, 15) is 9.59 Å². The number of carbonyl (C=O) groups is 2. The highest BCUT2D eigenvalue weighted by molar-refractivity contribution is 7.17. The molecule has 128 valence electrons. The molecule has 0 spiro atoms. The summed E-state index contributed by atoms with van der Waals surface area (Å²) in [6.07, 6.45) is 0.774. The first-order valence-corrected chi connectivity index (χ1v) is 8.64. The van der Waals surface area contributed by atoms with Crippen molar-refractivity contribution in [1.82, 2.24) is 4.98 Å². The summed E-state index contributed by atoms with van der Waals surface area (Å²) in [5, 5.41) is 0.697. The van der Waals surface area contributed by atoms with Crippen LogP contribution in [0.5, 0.6) is 5.75 Å². The van der Waals surface area contributed by atoms with Crippen molar-refractivity contribution in [2.45, 2.75) is 27.7 Å².